The van der Waals surface area contributed by atoms with E-state index in [1.165, 1.54) is 12.8 Å². The molecule has 2 heterocycles. The smallest absolute Gasteiger partial charge is 0.243 e. The van der Waals surface area contributed by atoms with Gasteiger partial charge in [-0.2, -0.15) is 9.40 Å². The Morgan fingerprint density at radius 2 is 1.66 bits per heavy atom. The molecule has 8 heteroatoms. The van der Waals surface area contributed by atoms with Crippen LogP contribution in [0.25, 0.3) is 0 Å². The summed E-state index contributed by atoms with van der Waals surface area (Å²) in [5, 5.41) is 7.43. The number of aromatic nitrogens is 2. The number of benzene rings is 1. The fourth-order valence-corrected chi connectivity index (χ4v) is 6.85. The highest BCUT2D eigenvalue weighted by molar-refractivity contribution is 7.89. The van der Waals surface area contributed by atoms with E-state index in [1.54, 1.807) is 10.5 Å². The second kappa shape index (κ2) is 8.63. The first-order valence-electron chi connectivity index (χ1n) is 11.5. The van der Waals surface area contributed by atoms with Crippen LogP contribution in [0.2, 0.25) is 0 Å². The zero-order valence-electron chi connectivity index (χ0n) is 19.7. The van der Waals surface area contributed by atoms with Gasteiger partial charge in [0.25, 0.3) is 0 Å². The van der Waals surface area contributed by atoms with E-state index in [9.17, 15) is 13.2 Å². The normalized spacial score (nSPS) is 19.2. The number of hydrogen-bond donors (Lipinski definition) is 1. The van der Waals surface area contributed by atoms with Crippen molar-refractivity contribution in [3.63, 3.8) is 0 Å². The van der Waals surface area contributed by atoms with E-state index in [1.807, 2.05) is 44.5 Å². The van der Waals surface area contributed by atoms with E-state index in [-0.39, 0.29) is 17.9 Å². The lowest BCUT2D eigenvalue weighted by molar-refractivity contribution is -0.121. The zero-order chi connectivity index (χ0) is 23.2. The highest BCUT2D eigenvalue weighted by Gasteiger charge is 2.35. The number of carbonyl (C=O) groups is 1. The zero-order valence-corrected chi connectivity index (χ0v) is 20.5. The monoisotopic (exact) mass is 458 g/mol. The number of sulfonamides is 1. The van der Waals surface area contributed by atoms with E-state index in [2.05, 4.69) is 17.3 Å². The van der Waals surface area contributed by atoms with Gasteiger partial charge in [0, 0.05) is 25.1 Å². The first-order valence-corrected chi connectivity index (χ1v) is 13.0. The van der Waals surface area contributed by atoms with Crippen LogP contribution in [0.4, 0.5) is 5.82 Å². The minimum atomic E-state index is -3.60. The predicted octanol–water partition coefficient (Wildman–Crippen LogP) is 4.13. The summed E-state index contributed by atoms with van der Waals surface area (Å²) in [6, 6.07) is 4.15. The van der Waals surface area contributed by atoms with Crippen molar-refractivity contribution in [1.82, 2.24) is 14.1 Å². The first kappa shape index (κ1) is 23.0. The summed E-state index contributed by atoms with van der Waals surface area (Å²) >= 11 is 0. The van der Waals surface area contributed by atoms with Crippen LogP contribution < -0.4 is 5.32 Å². The van der Waals surface area contributed by atoms with Gasteiger partial charge in [-0.05, 0) is 88.5 Å². The largest absolute Gasteiger partial charge is 0.311 e. The summed E-state index contributed by atoms with van der Waals surface area (Å²) in [4.78, 5) is 13.4. The van der Waals surface area contributed by atoms with Gasteiger partial charge in [0.2, 0.25) is 15.9 Å². The van der Waals surface area contributed by atoms with Gasteiger partial charge in [-0.15, -0.1) is 0 Å². The number of nitrogens with zero attached hydrogens (tertiary/aromatic N) is 3. The van der Waals surface area contributed by atoms with Crippen molar-refractivity contribution >= 4 is 21.7 Å². The molecular weight excluding hydrogens is 424 g/mol. The lowest BCUT2D eigenvalue weighted by Crippen LogP contribution is -2.42. The fourth-order valence-electron chi connectivity index (χ4n) is 4.80. The van der Waals surface area contributed by atoms with Crippen molar-refractivity contribution in [3.8, 4) is 0 Å². The van der Waals surface area contributed by atoms with Gasteiger partial charge in [-0.25, -0.2) is 13.1 Å². The van der Waals surface area contributed by atoms with Gasteiger partial charge in [-0.3, -0.25) is 4.79 Å². The summed E-state index contributed by atoms with van der Waals surface area (Å²) in [5.74, 6) is 1.11. The minimum Gasteiger partial charge on any atom is -0.311 e. The molecule has 1 aromatic carbocycles. The third-order valence-electron chi connectivity index (χ3n) is 7.33. The number of anilines is 1. The van der Waals surface area contributed by atoms with Crippen molar-refractivity contribution in [1.29, 1.82) is 0 Å². The molecule has 2 aromatic rings. The van der Waals surface area contributed by atoms with Crippen LogP contribution in [-0.2, 0) is 14.8 Å². The number of carbonyl (C=O) groups excluding carboxylic acids is 1. The molecule has 4 rings (SSSR count). The number of hydrogen-bond acceptors (Lipinski definition) is 4. The molecule has 0 bridgehead atoms. The molecule has 2 fully saturated rings. The van der Waals surface area contributed by atoms with Crippen LogP contribution in [0.3, 0.4) is 0 Å². The topological polar surface area (TPSA) is 84.3 Å². The van der Waals surface area contributed by atoms with Gasteiger partial charge in [0.1, 0.15) is 5.82 Å². The van der Waals surface area contributed by atoms with Crippen LogP contribution in [0, 0.1) is 39.5 Å². The van der Waals surface area contributed by atoms with E-state index in [0.29, 0.717) is 36.7 Å². The molecule has 174 valence electrons. The highest BCUT2D eigenvalue weighted by Crippen LogP contribution is 2.40. The highest BCUT2D eigenvalue weighted by atomic mass is 32.2. The maximum absolute atomic E-state index is 13.5. The molecule has 1 saturated carbocycles. The van der Waals surface area contributed by atoms with Gasteiger partial charge in [0.15, 0.2) is 0 Å². The average molecular weight is 459 g/mol. The quantitative estimate of drug-likeness (QED) is 0.705. The van der Waals surface area contributed by atoms with E-state index < -0.39 is 10.0 Å². The third-order valence-corrected chi connectivity index (χ3v) is 9.50. The Bertz CT molecular complexity index is 1100. The minimum absolute atomic E-state index is 0.0504. The van der Waals surface area contributed by atoms with Gasteiger partial charge >= 0.3 is 0 Å². The van der Waals surface area contributed by atoms with Crippen molar-refractivity contribution in [2.24, 2.45) is 11.8 Å². The van der Waals surface area contributed by atoms with Gasteiger partial charge in [-0.1, -0.05) is 6.07 Å². The maximum atomic E-state index is 13.5. The van der Waals surface area contributed by atoms with Crippen molar-refractivity contribution < 1.29 is 13.2 Å². The van der Waals surface area contributed by atoms with E-state index >= 15 is 0 Å². The second-order valence-electron chi connectivity index (χ2n) is 9.50. The van der Waals surface area contributed by atoms with Crippen LogP contribution in [0.15, 0.2) is 23.2 Å². The average Bonchev–Trinajstić information content (AvgIpc) is 3.51. The van der Waals surface area contributed by atoms with Crippen LogP contribution in [0.1, 0.15) is 60.9 Å². The Hall–Kier alpha value is -2.19. The van der Waals surface area contributed by atoms with E-state index in [4.69, 9.17) is 0 Å². The molecule has 32 heavy (non-hydrogen) atoms. The number of amides is 1. The van der Waals surface area contributed by atoms with E-state index in [0.717, 1.165) is 28.1 Å². The molecule has 0 radical (unpaired) electrons. The van der Waals surface area contributed by atoms with Gasteiger partial charge < -0.3 is 5.32 Å². The molecule has 2 aliphatic rings. The second-order valence-corrected chi connectivity index (χ2v) is 11.4. The molecule has 1 N–H and O–H groups in total. The lowest BCUT2D eigenvalue weighted by atomic mass is 9.97. The molecular formula is C24H34N4O3S. The Balaban J connectivity index is 1.44. The summed E-state index contributed by atoms with van der Waals surface area (Å²) in [6.45, 7) is 10.5. The summed E-state index contributed by atoms with van der Waals surface area (Å²) in [7, 11) is -3.60. The SMILES string of the molecule is Cc1cc(C)c(C)c(S(=O)(=O)N2CCC(C(=O)Nc3ccnn3C(C)C3CC3)CC2)c1C. The predicted molar refractivity (Wildman–Crippen MR) is 125 cm³/mol. The summed E-state index contributed by atoms with van der Waals surface area (Å²) in [5.41, 5.74) is 3.59. The molecule has 1 unspecified atom stereocenters. The molecule has 1 aliphatic heterocycles. The number of piperidine rings is 1. The Morgan fingerprint density at radius 3 is 2.22 bits per heavy atom. The molecule has 1 aliphatic carbocycles. The van der Waals surface area contributed by atoms with Crippen molar-refractivity contribution in [2.75, 3.05) is 18.4 Å². The van der Waals surface area contributed by atoms with Crippen molar-refractivity contribution in [2.45, 2.75) is 71.2 Å². The molecule has 7 nitrogen and oxygen atoms in total. The fraction of sp³-hybridized carbons (Fsp3) is 0.583. The molecule has 1 aromatic heterocycles. The maximum Gasteiger partial charge on any atom is 0.243 e. The molecule has 1 saturated heterocycles. The standard InChI is InChI=1S/C24H34N4O3S/c1-15-14-16(2)18(4)23(17(15)3)32(30,31)27-12-9-21(10-13-27)24(29)26-22-8-11-25-28(22)19(5)20-6-7-20/h8,11,14,19-21H,6-7,9-10,12-13H2,1-5H3,(H,26,29). The number of nitrogens with one attached hydrogen (secondary N) is 1. The molecule has 1 amide bonds. The van der Waals surface area contributed by atoms with Crippen LogP contribution >= 0.6 is 0 Å². The third kappa shape index (κ3) is 4.22. The Morgan fingerprint density at radius 1 is 1.06 bits per heavy atom. The van der Waals surface area contributed by atoms with Crippen LogP contribution in [-0.4, -0.2) is 41.5 Å². The first-order chi connectivity index (χ1) is 15.1. The number of aryl methyl sites for hydroxylation is 2. The number of rotatable bonds is 6. The summed E-state index contributed by atoms with van der Waals surface area (Å²) in [6.07, 6.45) is 5.17. The van der Waals surface area contributed by atoms with Gasteiger partial charge in [0.05, 0.1) is 17.1 Å². The lowest BCUT2D eigenvalue weighted by Gasteiger charge is -2.32. The molecule has 1 atom stereocenters. The van der Waals surface area contributed by atoms with Crippen LogP contribution in [0.5, 0.6) is 0 Å². The summed E-state index contributed by atoms with van der Waals surface area (Å²) < 4.78 is 30.4. The van der Waals surface area contributed by atoms with Crippen molar-refractivity contribution in [3.05, 3.63) is 40.6 Å². The Kier molecular flexibility index (Phi) is 6.20. The Labute approximate surface area is 191 Å². The molecule has 0 spiro atoms.